The van der Waals surface area contributed by atoms with Crippen molar-refractivity contribution in [3.8, 4) is 5.75 Å². The highest BCUT2D eigenvalue weighted by atomic mass is 79.9. The van der Waals surface area contributed by atoms with Gasteiger partial charge in [0.1, 0.15) is 12.4 Å². The van der Waals surface area contributed by atoms with Gasteiger partial charge in [0.2, 0.25) is 0 Å². The Bertz CT molecular complexity index is 559. The SMILES string of the molecule is Brc1ccc(Cc2ccc(OCC3CCCN3)cc2)cc1. The molecule has 1 N–H and O–H groups in total. The van der Waals surface area contributed by atoms with Crippen molar-refractivity contribution in [1.82, 2.24) is 5.32 Å². The van der Waals surface area contributed by atoms with Crippen LogP contribution in [-0.2, 0) is 6.42 Å². The monoisotopic (exact) mass is 345 g/mol. The van der Waals surface area contributed by atoms with E-state index in [1.165, 1.54) is 24.0 Å². The molecule has 1 saturated heterocycles. The Morgan fingerprint density at radius 1 is 1.00 bits per heavy atom. The third kappa shape index (κ3) is 4.32. The molecule has 0 saturated carbocycles. The lowest BCUT2D eigenvalue weighted by molar-refractivity contribution is 0.277. The molecule has 0 aliphatic carbocycles. The zero-order valence-corrected chi connectivity index (χ0v) is 13.6. The molecule has 0 aromatic heterocycles. The summed E-state index contributed by atoms with van der Waals surface area (Å²) >= 11 is 3.46. The highest BCUT2D eigenvalue weighted by molar-refractivity contribution is 9.10. The molecule has 0 amide bonds. The lowest BCUT2D eigenvalue weighted by Crippen LogP contribution is -2.28. The number of halogens is 1. The molecule has 3 heteroatoms. The summed E-state index contributed by atoms with van der Waals surface area (Å²) in [4.78, 5) is 0. The Balaban J connectivity index is 1.54. The standard InChI is InChI=1S/C18H20BrNO/c19-16-7-3-14(4-8-16)12-15-5-9-18(10-6-15)21-13-17-2-1-11-20-17/h3-10,17,20H,1-2,11-13H2. The van der Waals surface area contributed by atoms with Crippen molar-refractivity contribution in [2.75, 3.05) is 13.2 Å². The van der Waals surface area contributed by atoms with Crippen LogP contribution in [0.1, 0.15) is 24.0 Å². The van der Waals surface area contributed by atoms with Gasteiger partial charge in [0.15, 0.2) is 0 Å². The smallest absolute Gasteiger partial charge is 0.119 e. The van der Waals surface area contributed by atoms with Crippen LogP contribution in [0.25, 0.3) is 0 Å². The molecule has 2 nitrogen and oxygen atoms in total. The number of hydrogen-bond acceptors (Lipinski definition) is 2. The second-order valence-electron chi connectivity index (χ2n) is 5.55. The van der Waals surface area contributed by atoms with E-state index in [4.69, 9.17) is 4.74 Å². The average molecular weight is 346 g/mol. The van der Waals surface area contributed by atoms with Crippen molar-refractivity contribution in [2.24, 2.45) is 0 Å². The molecular weight excluding hydrogens is 326 g/mol. The quantitative estimate of drug-likeness (QED) is 0.877. The molecule has 110 valence electrons. The van der Waals surface area contributed by atoms with E-state index < -0.39 is 0 Å². The van der Waals surface area contributed by atoms with E-state index in [1.54, 1.807) is 0 Å². The molecular formula is C18H20BrNO. The molecule has 1 atom stereocenters. The predicted octanol–water partition coefficient (Wildman–Crippen LogP) is 4.17. The van der Waals surface area contributed by atoms with Crippen molar-refractivity contribution < 1.29 is 4.74 Å². The van der Waals surface area contributed by atoms with Gasteiger partial charge < -0.3 is 10.1 Å². The summed E-state index contributed by atoms with van der Waals surface area (Å²) in [5, 5.41) is 3.45. The van der Waals surface area contributed by atoms with Crippen LogP contribution in [0, 0.1) is 0 Å². The summed E-state index contributed by atoms with van der Waals surface area (Å²) in [6.45, 7) is 1.90. The fraction of sp³-hybridized carbons (Fsp3) is 0.333. The lowest BCUT2D eigenvalue weighted by Gasteiger charge is -2.12. The molecule has 1 aliphatic heterocycles. The van der Waals surface area contributed by atoms with E-state index in [0.29, 0.717) is 6.04 Å². The summed E-state index contributed by atoms with van der Waals surface area (Å²) in [5.41, 5.74) is 2.63. The van der Waals surface area contributed by atoms with Crippen LogP contribution < -0.4 is 10.1 Å². The van der Waals surface area contributed by atoms with Gasteiger partial charge in [-0.3, -0.25) is 0 Å². The third-order valence-corrected chi connectivity index (χ3v) is 4.39. The van der Waals surface area contributed by atoms with Crippen molar-refractivity contribution >= 4 is 15.9 Å². The summed E-state index contributed by atoms with van der Waals surface area (Å²) in [6, 6.07) is 17.4. The maximum atomic E-state index is 5.84. The van der Waals surface area contributed by atoms with Crippen LogP contribution in [0.3, 0.4) is 0 Å². The zero-order valence-electron chi connectivity index (χ0n) is 12.0. The van der Waals surface area contributed by atoms with Crippen molar-refractivity contribution in [1.29, 1.82) is 0 Å². The highest BCUT2D eigenvalue weighted by Crippen LogP contribution is 2.18. The Hall–Kier alpha value is -1.32. The summed E-state index contributed by atoms with van der Waals surface area (Å²) < 4.78 is 6.96. The normalized spacial score (nSPS) is 17.9. The fourth-order valence-corrected chi connectivity index (χ4v) is 2.90. The van der Waals surface area contributed by atoms with Gasteiger partial charge in [-0.25, -0.2) is 0 Å². The van der Waals surface area contributed by atoms with E-state index in [9.17, 15) is 0 Å². The first-order valence-electron chi connectivity index (χ1n) is 7.49. The Labute approximate surface area is 134 Å². The first kappa shape index (κ1) is 14.6. The molecule has 1 aliphatic rings. The predicted molar refractivity (Wildman–Crippen MR) is 89.9 cm³/mol. The van der Waals surface area contributed by atoms with Crippen LogP contribution in [0.5, 0.6) is 5.75 Å². The number of rotatable bonds is 5. The second-order valence-corrected chi connectivity index (χ2v) is 6.47. The summed E-state index contributed by atoms with van der Waals surface area (Å²) in [5.74, 6) is 0.961. The molecule has 2 aromatic carbocycles. The summed E-state index contributed by atoms with van der Waals surface area (Å²) in [7, 11) is 0. The zero-order chi connectivity index (χ0) is 14.5. The number of nitrogens with one attached hydrogen (secondary N) is 1. The van der Waals surface area contributed by atoms with E-state index in [0.717, 1.165) is 29.8 Å². The largest absolute Gasteiger partial charge is 0.492 e. The molecule has 0 bridgehead atoms. The van der Waals surface area contributed by atoms with E-state index in [1.807, 2.05) is 0 Å². The maximum Gasteiger partial charge on any atom is 0.119 e. The van der Waals surface area contributed by atoms with Gasteiger partial charge in [-0.1, -0.05) is 40.2 Å². The van der Waals surface area contributed by atoms with Gasteiger partial charge in [-0.2, -0.15) is 0 Å². The fourth-order valence-electron chi connectivity index (χ4n) is 2.64. The molecule has 3 rings (SSSR count). The molecule has 2 aromatic rings. The number of ether oxygens (including phenoxy) is 1. The Kier molecular flexibility index (Phi) is 4.94. The van der Waals surface area contributed by atoms with E-state index in [-0.39, 0.29) is 0 Å². The third-order valence-electron chi connectivity index (χ3n) is 3.86. The minimum atomic E-state index is 0.521. The van der Waals surface area contributed by atoms with Gasteiger partial charge in [-0.15, -0.1) is 0 Å². The van der Waals surface area contributed by atoms with Crippen LogP contribution in [0.2, 0.25) is 0 Å². The first-order chi connectivity index (χ1) is 10.3. The van der Waals surface area contributed by atoms with Gasteiger partial charge >= 0.3 is 0 Å². The van der Waals surface area contributed by atoms with Gasteiger partial charge in [-0.05, 0) is 61.2 Å². The molecule has 1 unspecified atom stereocenters. The van der Waals surface area contributed by atoms with Crippen molar-refractivity contribution in [3.63, 3.8) is 0 Å². The Morgan fingerprint density at radius 3 is 2.29 bits per heavy atom. The Morgan fingerprint density at radius 2 is 1.67 bits per heavy atom. The van der Waals surface area contributed by atoms with Crippen LogP contribution in [0.4, 0.5) is 0 Å². The highest BCUT2D eigenvalue weighted by Gasteiger charge is 2.14. The number of hydrogen-bond donors (Lipinski definition) is 1. The van der Waals surface area contributed by atoms with Crippen molar-refractivity contribution in [3.05, 3.63) is 64.1 Å². The van der Waals surface area contributed by atoms with Crippen LogP contribution >= 0.6 is 15.9 Å². The minimum absolute atomic E-state index is 0.521. The molecule has 0 spiro atoms. The molecule has 1 heterocycles. The second kappa shape index (κ2) is 7.10. The van der Waals surface area contributed by atoms with Crippen LogP contribution in [0.15, 0.2) is 53.0 Å². The molecule has 21 heavy (non-hydrogen) atoms. The minimum Gasteiger partial charge on any atom is -0.492 e. The topological polar surface area (TPSA) is 21.3 Å². The number of benzene rings is 2. The van der Waals surface area contributed by atoms with E-state index >= 15 is 0 Å². The van der Waals surface area contributed by atoms with Crippen LogP contribution in [-0.4, -0.2) is 19.2 Å². The van der Waals surface area contributed by atoms with Gasteiger partial charge in [0.25, 0.3) is 0 Å². The van der Waals surface area contributed by atoms with Crippen molar-refractivity contribution in [2.45, 2.75) is 25.3 Å². The average Bonchev–Trinajstić information content (AvgIpc) is 3.02. The van der Waals surface area contributed by atoms with Gasteiger partial charge in [0.05, 0.1) is 0 Å². The maximum absolute atomic E-state index is 5.84. The van der Waals surface area contributed by atoms with Gasteiger partial charge in [0, 0.05) is 10.5 Å². The first-order valence-corrected chi connectivity index (χ1v) is 8.28. The lowest BCUT2D eigenvalue weighted by atomic mass is 10.1. The summed E-state index contributed by atoms with van der Waals surface area (Å²) in [6.07, 6.45) is 3.44. The molecule has 1 fully saturated rings. The van der Waals surface area contributed by atoms with E-state index in [2.05, 4.69) is 69.8 Å². The molecule has 0 radical (unpaired) electrons.